The molecule has 0 fully saturated rings. The third-order valence-corrected chi connectivity index (χ3v) is 9.01. The van der Waals surface area contributed by atoms with Gasteiger partial charge in [0.05, 0.1) is 0 Å². The largest absolute Gasteiger partial charge is 0.312 e. The van der Waals surface area contributed by atoms with Crippen LogP contribution in [0.5, 0.6) is 0 Å². The first-order chi connectivity index (χ1) is 22.4. The van der Waals surface area contributed by atoms with Gasteiger partial charge in [0, 0.05) is 34.1 Å². The van der Waals surface area contributed by atoms with Gasteiger partial charge in [-0.1, -0.05) is 136 Å². The first kappa shape index (κ1) is 35.9. The highest BCUT2D eigenvalue weighted by Gasteiger charge is 2.43. The summed E-state index contributed by atoms with van der Waals surface area (Å²) in [4.78, 5) is 4.99. The highest BCUT2D eigenvalue weighted by Crippen LogP contribution is 2.43. The molecule has 2 aliphatic rings. The number of hydrogen-bond donors (Lipinski definition) is 0. The van der Waals surface area contributed by atoms with Gasteiger partial charge in [-0.2, -0.15) is 0 Å². The fraction of sp³-hybridized carbons (Fsp3) is 0.364. The predicted octanol–water partition coefficient (Wildman–Crippen LogP) is 11.3. The molecule has 3 heteroatoms. The Morgan fingerprint density at radius 1 is 0.681 bits per heavy atom. The van der Waals surface area contributed by atoms with Gasteiger partial charge in [-0.05, 0) is 101 Å². The van der Waals surface area contributed by atoms with Gasteiger partial charge in [0.25, 0.3) is 6.71 Å². The number of benzene rings is 4. The summed E-state index contributed by atoms with van der Waals surface area (Å²) >= 11 is 0. The Balaban J connectivity index is 0.00000120. The van der Waals surface area contributed by atoms with Crippen LogP contribution in [0.3, 0.4) is 0 Å². The minimum Gasteiger partial charge on any atom is -0.312 e. The summed E-state index contributed by atoms with van der Waals surface area (Å²) in [5.41, 5.74) is 15.8. The van der Waals surface area contributed by atoms with Gasteiger partial charge in [0.1, 0.15) is 0 Å². The maximum absolute atomic E-state index is 2.50. The summed E-state index contributed by atoms with van der Waals surface area (Å²) in [6.07, 6.45) is 7.73. The molecule has 2 aliphatic heterocycles. The second kappa shape index (κ2) is 14.4. The van der Waals surface area contributed by atoms with Crippen LogP contribution in [-0.2, 0) is 10.8 Å². The molecule has 0 aromatic heterocycles. The van der Waals surface area contributed by atoms with Crippen LogP contribution in [0.15, 0.2) is 103 Å². The molecule has 0 saturated carbocycles. The summed E-state index contributed by atoms with van der Waals surface area (Å²) in [5.74, 6) is 0. The van der Waals surface area contributed by atoms with Crippen LogP contribution in [0, 0.1) is 6.92 Å². The van der Waals surface area contributed by atoms with Gasteiger partial charge in [-0.15, -0.1) is 0 Å². The molecule has 4 aromatic rings. The molecule has 4 aromatic carbocycles. The van der Waals surface area contributed by atoms with E-state index in [1.807, 2.05) is 27.7 Å². The number of rotatable bonds is 4. The summed E-state index contributed by atoms with van der Waals surface area (Å²) in [5, 5.41) is 0. The van der Waals surface area contributed by atoms with E-state index in [1.165, 1.54) is 67.2 Å². The van der Waals surface area contributed by atoms with Crippen LogP contribution in [0.25, 0.3) is 0 Å². The molecule has 0 atom stereocenters. The van der Waals surface area contributed by atoms with Crippen LogP contribution in [0.2, 0.25) is 0 Å². The lowest BCUT2D eigenvalue weighted by molar-refractivity contribution is 0.590. The number of fused-ring (bicyclic) bond motifs is 4. The topological polar surface area (TPSA) is 6.48 Å². The van der Waals surface area contributed by atoms with Gasteiger partial charge < -0.3 is 9.80 Å². The lowest BCUT2D eigenvalue weighted by Gasteiger charge is -2.44. The first-order valence-corrected chi connectivity index (χ1v) is 17.9. The maximum atomic E-state index is 2.50. The van der Waals surface area contributed by atoms with Crippen molar-refractivity contribution >= 4 is 51.5 Å². The molecule has 0 saturated heterocycles. The third kappa shape index (κ3) is 6.73. The zero-order chi connectivity index (χ0) is 34.7. The van der Waals surface area contributed by atoms with Crippen LogP contribution in [-0.4, -0.2) is 6.71 Å². The average molecular weight is 625 g/mol. The molecule has 2 heterocycles. The predicted molar refractivity (Wildman–Crippen MR) is 212 cm³/mol. The number of anilines is 5. The fourth-order valence-corrected chi connectivity index (χ4v) is 6.81. The molecule has 0 unspecified atom stereocenters. The molecule has 0 radical (unpaired) electrons. The minimum atomic E-state index is 0.0487. The highest BCUT2D eigenvalue weighted by atomic mass is 15.2. The van der Waals surface area contributed by atoms with E-state index < -0.39 is 0 Å². The number of nitrogens with zero attached hydrogens (tertiary/aromatic N) is 2. The van der Waals surface area contributed by atoms with Crippen molar-refractivity contribution in [3.63, 3.8) is 0 Å². The Kier molecular flexibility index (Phi) is 11.0. The van der Waals surface area contributed by atoms with E-state index in [4.69, 9.17) is 0 Å². The van der Waals surface area contributed by atoms with E-state index in [1.54, 1.807) is 0 Å². The van der Waals surface area contributed by atoms with Crippen LogP contribution in [0.4, 0.5) is 28.4 Å². The van der Waals surface area contributed by atoms with Crippen molar-refractivity contribution < 1.29 is 0 Å². The molecule has 0 aliphatic carbocycles. The molecule has 0 spiro atoms. The van der Waals surface area contributed by atoms with Crippen LogP contribution in [0.1, 0.15) is 106 Å². The van der Waals surface area contributed by atoms with E-state index in [9.17, 15) is 0 Å². The van der Waals surface area contributed by atoms with Crippen molar-refractivity contribution in [2.75, 3.05) is 9.80 Å². The van der Waals surface area contributed by atoms with Gasteiger partial charge in [-0.25, -0.2) is 0 Å². The summed E-state index contributed by atoms with van der Waals surface area (Å²) in [7, 11) is 0. The Morgan fingerprint density at radius 3 is 1.85 bits per heavy atom. The fourth-order valence-electron chi connectivity index (χ4n) is 6.81. The minimum absolute atomic E-state index is 0.0487. The van der Waals surface area contributed by atoms with Gasteiger partial charge in [-0.3, -0.25) is 0 Å². The second-order valence-electron chi connectivity index (χ2n) is 14.2. The van der Waals surface area contributed by atoms with Crippen molar-refractivity contribution in [2.45, 2.75) is 107 Å². The van der Waals surface area contributed by atoms with E-state index in [-0.39, 0.29) is 17.5 Å². The van der Waals surface area contributed by atoms with E-state index >= 15 is 0 Å². The number of allylic oxidation sites excluding steroid dienone is 3. The first-order valence-electron chi connectivity index (χ1n) is 17.9. The zero-order valence-electron chi connectivity index (χ0n) is 31.4. The standard InChI is InChI=1S/C40H45BN2.2C2H6/c1-10-13-30(14-11-2)42-34-23-17-27(3)25-32(34)41-33-26-29(40(7,8)9)20-24-35(33)43(37-16-12-15-36(42)38(37)41)31-21-18-28(19-22-31)39(4,5)6;2*1-2/h10,12-26H,11H2,1-9H3;2*1-2H3/b13-10-,30-14+;;. The van der Waals surface area contributed by atoms with Gasteiger partial charge in [0.15, 0.2) is 0 Å². The SMILES string of the molecule is C/C=C\C(=C/CC)N1c2ccc(C)cc2B2c3cc(C(C)(C)C)ccc3N(c3ccc(C(C)(C)C)cc3)c3cccc1c32.CC.CC. The Hall–Kier alpha value is -3.98. The van der Waals surface area contributed by atoms with Gasteiger partial charge in [0.2, 0.25) is 0 Å². The second-order valence-corrected chi connectivity index (χ2v) is 14.2. The molecule has 246 valence electrons. The lowest BCUT2D eigenvalue weighted by Crippen LogP contribution is -2.62. The van der Waals surface area contributed by atoms with E-state index in [2.05, 4.69) is 169 Å². The quantitative estimate of drug-likeness (QED) is 0.145. The third-order valence-electron chi connectivity index (χ3n) is 9.01. The lowest BCUT2D eigenvalue weighted by atomic mass is 9.33. The Labute approximate surface area is 287 Å². The average Bonchev–Trinajstić information content (AvgIpc) is 3.05. The van der Waals surface area contributed by atoms with Crippen molar-refractivity contribution in [1.82, 2.24) is 0 Å². The Bertz CT molecular complexity index is 1750. The highest BCUT2D eigenvalue weighted by molar-refractivity contribution is 7.00. The monoisotopic (exact) mass is 624 g/mol. The van der Waals surface area contributed by atoms with Crippen molar-refractivity contribution in [2.24, 2.45) is 0 Å². The van der Waals surface area contributed by atoms with Crippen molar-refractivity contribution in [1.29, 1.82) is 0 Å². The van der Waals surface area contributed by atoms with Crippen molar-refractivity contribution in [3.8, 4) is 0 Å². The van der Waals surface area contributed by atoms with E-state index in [0.29, 0.717) is 0 Å². The molecular formula is C44H57BN2. The summed E-state index contributed by atoms with van der Waals surface area (Å²) in [6, 6.07) is 30.3. The molecule has 6 rings (SSSR count). The Morgan fingerprint density at radius 2 is 1.26 bits per heavy atom. The van der Waals surface area contributed by atoms with Crippen LogP contribution >= 0.6 is 0 Å². The number of hydrogen-bond acceptors (Lipinski definition) is 2. The molecule has 0 N–H and O–H groups in total. The molecular weight excluding hydrogens is 567 g/mol. The maximum Gasteiger partial charge on any atom is 0.252 e. The summed E-state index contributed by atoms with van der Waals surface area (Å²) in [6.45, 7) is 28.5. The molecule has 0 bridgehead atoms. The normalized spacial score (nSPS) is 13.6. The molecule has 2 nitrogen and oxygen atoms in total. The van der Waals surface area contributed by atoms with Gasteiger partial charge >= 0.3 is 0 Å². The molecule has 0 amide bonds. The molecule has 47 heavy (non-hydrogen) atoms. The van der Waals surface area contributed by atoms with E-state index in [0.717, 1.165) is 6.42 Å². The van der Waals surface area contributed by atoms with Crippen LogP contribution < -0.4 is 26.2 Å². The smallest absolute Gasteiger partial charge is 0.252 e. The summed E-state index contributed by atoms with van der Waals surface area (Å²) < 4.78 is 0. The zero-order valence-corrected chi connectivity index (χ0v) is 31.4. The van der Waals surface area contributed by atoms with Crippen molar-refractivity contribution in [3.05, 3.63) is 119 Å². The number of aryl methyl sites for hydroxylation is 1.